The first-order chi connectivity index (χ1) is 15.5. The van der Waals surface area contributed by atoms with Crippen molar-refractivity contribution in [2.75, 3.05) is 13.7 Å². The highest BCUT2D eigenvalue weighted by atomic mass is 35.5. The number of nitrogens with zero attached hydrogens (tertiary/aromatic N) is 1. The van der Waals surface area contributed by atoms with Crippen LogP contribution >= 0.6 is 11.6 Å². The van der Waals surface area contributed by atoms with Crippen molar-refractivity contribution in [3.05, 3.63) is 88.4 Å². The lowest BCUT2D eigenvalue weighted by molar-refractivity contribution is 0.0729. The van der Waals surface area contributed by atoms with Gasteiger partial charge in [-0.2, -0.15) is 5.10 Å². The number of rotatable bonds is 8. The number of hydrogen-bond acceptors (Lipinski definition) is 6. The second-order valence-electron chi connectivity index (χ2n) is 6.44. The molecule has 8 heteroatoms. The topological polar surface area (TPSA) is 86.2 Å². The maximum atomic E-state index is 12.4. The summed E-state index contributed by atoms with van der Waals surface area (Å²) in [5.41, 5.74) is 3.79. The third-order valence-electron chi connectivity index (χ3n) is 4.29. The molecule has 0 unspecified atom stereocenters. The molecule has 0 radical (unpaired) electrons. The third kappa shape index (κ3) is 5.86. The van der Waals surface area contributed by atoms with E-state index in [1.54, 1.807) is 66.7 Å². The van der Waals surface area contributed by atoms with Crippen molar-refractivity contribution in [3.63, 3.8) is 0 Å². The van der Waals surface area contributed by atoms with Gasteiger partial charge in [-0.05, 0) is 67.1 Å². The Hall–Kier alpha value is -3.84. The summed E-state index contributed by atoms with van der Waals surface area (Å²) in [5.74, 6) is 0.287. The summed E-state index contributed by atoms with van der Waals surface area (Å²) in [5, 5.41) is 4.26. The van der Waals surface area contributed by atoms with Crippen LogP contribution in [0.5, 0.6) is 17.2 Å². The Morgan fingerprint density at radius 2 is 1.78 bits per heavy atom. The first-order valence-electron chi connectivity index (χ1n) is 9.72. The maximum absolute atomic E-state index is 12.4. The molecule has 3 rings (SSSR count). The average Bonchev–Trinajstić information content (AvgIpc) is 2.80. The van der Waals surface area contributed by atoms with E-state index in [-0.39, 0.29) is 17.2 Å². The molecule has 0 aliphatic rings. The summed E-state index contributed by atoms with van der Waals surface area (Å²) < 4.78 is 16.1. The lowest BCUT2D eigenvalue weighted by atomic mass is 10.2. The van der Waals surface area contributed by atoms with Crippen molar-refractivity contribution in [2.24, 2.45) is 5.10 Å². The van der Waals surface area contributed by atoms with Crippen LogP contribution in [0.1, 0.15) is 33.2 Å². The Labute approximate surface area is 190 Å². The van der Waals surface area contributed by atoms with Crippen molar-refractivity contribution in [2.45, 2.75) is 6.92 Å². The van der Waals surface area contributed by atoms with Crippen molar-refractivity contribution in [1.29, 1.82) is 0 Å². The number of carbonyl (C=O) groups excluding carboxylic acids is 2. The molecule has 0 bridgehead atoms. The van der Waals surface area contributed by atoms with Gasteiger partial charge in [0.1, 0.15) is 5.75 Å². The van der Waals surface area contributed by atoms with Crippen molar-refractivity contribution in [1.82, 2.24) is 5.43 Å². The second kappa shape index (κ2) is 11.0. The maximum Gasteiger partial charge on any atom is 0.345 e. The fourth-order valence-corrected chi connectivity index (χ4v) is 2.94. The summed E-state index contributed by atoms with van der Waals surface area (Å²) in [4.78, 5) is 24.6. The fraction of sp³-hybridized carbons (Fsp3) is 0.125. The van der Waals surface area contributed by atoms with Gasteiger partial charge < -0.3 is 14.2 Å². The van der Waals surface area contributed by atoms with Crippen molar-refractivity contribution < 1.29 is 23.8 Å². The van der Waals surface area contributed by atoms with E-state index in [1.165, 1.54) is 13.3 Å². The van der Waals surface area contributed by atoms with Gasteiger partial charge in [0.15, 0.2) is 11.5 Å². The zero-order chi connectivity index (χ0) is 22.9. The second-order valence-corrected chi connectivity index (χ2v) is 6.84. The third-order valence-corrected chi connectivity index (χ3v) is 4.62. The van der Waals surface area contributed by atoms with E-state index < -0.39 is 5.97 Å². The van der Waals surface area contributed by atoms with Crippen LogP contribution in [-0.2, 0) is 0 Å². The molecule has 1 N–H and O–H groups in total. The Morgan fingerprint density at radius 3 is 2.47 bits per heavy atom. The molecule has 7 nitrogen and oxygen atoms in total. The molecular formula is C24H21ClN2O5. The van der Waals surface area contributed by atoms with Crippen LogP contribution in [0.4, 0.5) is 0 Å². The molecule has 0 heterocycles. The monoisotopic (exact) mass is 452 g/mol. The number of methoxy groups -OCH3 is 1. The van der Waals surface area contributed by atoms with Crippen LogP contribution in [0, 0.1) is 0 Å². The summed E-state index contributed by atoms with van der Waals surface area (Å²) in [6.07, 6.45) is 1.45. The highest BCUT2D eigenvalue weighted by molar-refractivity contribution is 6.33. The minimum absolute atomic E-state index is 0.230. The first kappa shape index (κ1) is 22.8. The number of nitrogens with one attached hydrogen (secondary N) is 1. The van der Waals surface area contributed by atoms with Gasteiger partial charge in [0, 0.05) is 5.56 Å². The van der Waals surface area contributed by atoms with Gasteiger partial charge in [-0.15, -0.1) is 0 Å². The Kier molecular flexibility index (Phi) is 7.83. The molecule has 0 atom stereocenters. The minimum atomic E-state index is -0.599. The van der Waals surface area contributed by atoms with Crippen LogP contribution in [0.3, 0.4) is 0 Å². The normalized spacial score (nSPS) is 10.6. The molecule has 0 aliphatic heterocycles. The minimum Gasteiger partial charge on any atom is -0.494 e. The molecular weight excluding hydrogens is 432 g/mol. The van der Waals surface area contributed by atoms with Crippen molar-refractivity contribution >= 4 is 29.7 Å². The summed E-state index contributed by atoms with van der Waals surface area (Å²) in [7, 11) is 1.46. The number of esters is 1. The van der Waals surface area contributed by atoms with Gasteiger partial charge in [-0.3, -0.25) is 4.79 Å². The van der Waals surface area contributed by atoms with E-state index >= 15 is 0 Å². The van der Waals surface area contributed by atoms with Crippen LogP contribution in [0.15, 0.2) is 71.8 Å². The van der Waals surface area contributed by atoms with Crippen LogP contribution < -0.4 is 19.6 Å². The molecule has 0 spiro atoms. The molecule has 0 aromatic heterocycles. The molecule has 0 fully saturated rings. The summed E-state index contributed by atoms with van der Waals surface area (Å²) >= 11 is 6.04. The van der Waals surface area contributed by atoms with E-state index in [9.17, 15) is 9.59 Å². The zero-order valence-electron chi connectivity index (χ0n) is 17.5. The quantitative estimate of drug-likeness (QED) is 0.231. The van der Waals surface area contributed by atoms with E-state index in [0.29, 0.717) is 34.3 Å². The van der Waals surface area contributed by atoms with Crippen LogP contribution in [0.2, 0.25) is 5.02 Å². The Morgan fingerprint density at radius 1 is 1.03 bits per heavy atom. The van der Waals surface area contributed by atoms with Gasteiger partial charge >= 0.3 is 5.97 Å². The lowest BCUT2D eigenvalue weighted by Crippen LogP contribution is -2.17. The number of amides is 1. The van der Waals surface area contributed by atoms with Crippen LogP contribution in [0.25, 0.3) is 0 Å². The van der Waals surface area contributed by atoms with Gasteiger partial charge in [-0.1, -0.05) is 23.7 Å². The fourth-order valence-electron chi connectivity index (χ4n) is 2.73. The van der Waals surface area contributed by atoms with Gasteiger partial charge in [-0.25, -0.2) is 10.2 Å². The predicted molar refractivity (Wildman–Crippen MR) is 122 cm³/mol. The molecule has 0 aliphatic carbocycles. The molecule has 0 saturated carbocycles. The number of ether oxygens (including phenoxy) is 3. The number of hydrogen-bond donors (Lipinski definition) is 1. The van der Waals surface area contributed by atoms with E-state index in [4.69, 9.17) is 25.8 Å². The molecule has 164 valence electrons. The van der Waals surface area contributed by atoms with Gasteiger partial charge in [0.05, 0.1) is 30.5 Å². The number of hydrazone groups is 1. The predicted octanol–water partition coefficient (Wildman–Crippen LogP) is 4.73. The van der Waals surface area contributed by atoms with E-state index in [2.05, 4.69) is 10.5 Å². The SMILES string of the molecule is CCOc1ccc(C(=O)N/N=C/c2ccc(OC(=O)c3ccccc3Cl)c(OC)c2)cc1. The molecule has 3 aromatic carbocycles. The molecule has 3 aromatic rings. The number of benzene rings is 3. The highest BCUT2D eigenvalue weighted by Gasteiger charge is 2.15. The van der Waals surface area contributed by atoms with Crippen LogP contribution in [-0.4, -0.2) is 31.8 Å². The van der Waals surface area contributed by atoms with E-state index in [1.807, 2.05) is 6.92 Å². The lowest BCUT2D eigenvalue weighted by Gasteiger charge is -2.10. The zero-order valence-corrected chi connectivity index (χ0v) is 18.3. The Bertz CT molecular complexity index is 1130. The number of halogens is 1. The largest absolute Gasteiger partial charge is 0.494 e. The van der Waals surface area contributed by atoms with E-state index in [0.717, 1.165) is 0 Å². The smallest absolute Gasteiger partial charge is 0.345 e. The highest BCUT2D eigenvalue weighted by Crippen LogP contribution is 2.29. The summed E-state index contributed by atoms with van der Waals surface area (Å²) in [6.45, 7) is 2.44. The standard InChI is InChI=1S/C24H21ClN2O5/c1-3-31-18-11-9-17(10-12-18)23(28)27-26-15-16-8-13-21(22(14-16)30-2)32-24(29)19-6-4-5-7-20(19)25/h4-15H,3H2,1-2H3,(H,27,28)/b26-15+. The average molecular weight is 453 g/mol. The molecule has 32 heavy (non-hydrogen) atoms. The number of carbonyl (C=O) groups is 2. The van der Waals surface area contributed by atoms with Gasteiger partial charge in [0.2, 0.25) is 0 Å². The van der Waals surface area contributed by atoms with Gasteiger partial charge in [0.25, 0.3) is 5.91 Å². The summed E-state index contributed by atoms with van der Waals surface area (Å²) in [6, 6.07) is 18.2. The first-order valence-corrected chi connectivity index (χ1v) is 10.1. The molecule has 0 saturated heterocycles. The molecule has 1 amide bonds. The van der Waals surface area contributed by atoms with Crippen molar-refractivity contribution in [3.8, 4) is 17.2 Å². The Balaban J connectivity index is 1.65.